The normalized spacial score (nSPS) is 15.8. The van der Waals surface area contributed by atoms with Gasteiger partial charge in [-0.25, -0.2) is 0 Å². The van der Waals surface area contributed by atoms with Gasteiger partial charge in [-0.15, -0.1) is 0 Å². The molecule has 2 nitrogen and oxygen atoms in total. The Labute approximate surface area is 290 Å². The first-order valence-corrected chi connectivity index (χ1v) is 15.3. The Kier molecular flexibility index (Phi) is 15.3. The summed E-state index contributed by atoms with van der Waals surface area (Å²) in [6.45, 7) is 8.89. The van der Waals surface area contributed by atoms with Gasteiger partial charge in [-0.2, -0.15) is 0 Å². The summed E-state index contributed by atoms with van der Waals surface area (Å²) in [4.78, 5) is 9.73. The number of rotatable bonds is 10. The fourth-order valence-corrected chi connectivity index (χ4v) is 5.88. The molecule has 222 valence electrons. The summed E-state index contributed by atoms with van der Waals surface area (Å²) in [5, 5.41) is 0. The number of halogens is 2. The molecule has 2 aromatic carbocycles. The Balaban J connectivity index is 0.000000281. The molecule has 0 fully saturated rings. The molecule has 2 aliphatic carbocycles. The van der Waals surface area contributed by atoms with E-state index in [0.29, 0.717) is 0 Å². The van der Waals surface area contributed by atoms with Gasteiger partial charge in [0.2, 0.25) is 0 Å². The molecule has 6 rings (SSSR count). The number of allylic oxidation sites excluding steroid dienone is 8. The van der Waals surface area contributed by atoms with Crippen LogP contribution in [0.4, 0.5) is 0 Å². The number of benzene rings is 2. The van der Waals surface area contributed by atoms with Crippen molar-refractivity contribution in [2.24, 2.45) is 9.98 Å². The van der Waals surface area contributed by atoms with Crippen LogP contribution < -0.4 is 24.8 Å². The standard InChI is InChI=1S/2C19H21N.2ClH.Zr/c2*1-3-8-15-12-17(14-10-6-5-7-11-14)18-13-16(9-4-2)20-19(15)18;;;/h2*5-7,10-13H,3-4,8-9H2,1-2H3;2*1H;/q;;;;+2/p-2. The summed E-state index contributed by atoms with van der Waals surface area (Å²) >= 11 is 0. The molecule has 0 saturated heterocycles. The van der Waals surface area contributed by atoms with Crippen LogP contribution in [0.5, 0.6) is 0 Å². The van der Waals surface area contributed by atoms with E-state index < -0.39 is 0 Å². The van der Waals surface area contributed by atoms with E-state index in [-0.39, 0.29) is 51.0 Å². The molecule has 0 unspecified atom stereocenters. The van der Waals surface area contributed by atoms with Gasteiger partial charge in [0.15, 0.2) is 0 Å². The third-order valence-corrected chi connectivity index (χ3v) is 7.69. The second-order valence-electron chi connectivity index (χ2n) is 10.9. The van der Waals surface area contributed by atoms with Gasteiger partial charge in [-0.1, -0.05) is 114 Å². The predicted molar refractivity (Wildman–Crippen MR) is 174 cm³/mol. The van der Waals surface area contributed by atoms with Crippen molar-refractivity contribution in [2.45, 2.75) is 79.1 Å². The van der Waals surface area contributed by atoms with Gasteiger partial charge in [0.05, 0.1) is 11.4 Å². The summed E-state index contributed by atoms with van der Waals surface area (Å²) < 4.78 is 0. The molecule has 0 aromatic heterocycles. The van der Waals surface area contributed by atoms with Crippen molar-refractivity contribution in [3.05, 3.63) is 130 Å². The van der Waals surface area contributed by atoms with Gasteiger partial charge < -0.3 is 24.8 Å². The van der Waals surface area contributed by atoms with Crippen LogP contribution in [0.3, 0.4) is 0 Å². The summed E-state index contributed by atoms with van der Waals surface area (Å²) in [7, 11) is 0. The molecule has 4 aliphatic rings. The Hall–Kier alpha value is -2.32. The van der Waals surface area contributed by atoms with E-state index in [0.717, 1.165) is 38.5 Å². The third-order valence-electron chi connectivity index (χ3n) is 7.69. The maximum Gasteiger partial charge on any atom is 2.00 e. The second-order valence-corrected chi connectivity index (χ2v) is 10.9. The number of hydrogen-bond donors (Lipinski definition) is 0. The second kappa shape index (κ2) is 17.8. The van der Waals surface area contributed by atoms with E-state index in [4.69, 9.17) is 9.98 Å². The largest absolute Gasteiger partial charge is 2.00 e. The van der Waals surface area contributed by atoms with Crippen LogP contribution >= 0.6 is 0 Å². The molecule has 2 heterocycles. The molecule has 2 aliphatic heterocycles. The van der Waals surface area contributed by atoms with Crippen molar-refractivity contribution in [1.29, 1.82) is 0 Å². The number of aliphatic imine (C=N–C) groups is 2. The first-order chi connectivity index (χ1) is 19.7. The molecule has 0 amide bonds. The molecule has 43 heavy (non-hydrogen) atoms. The maximum absolute atomic E-state index is 4.87. The topological polar surface area (TPSA) is 24.7 Å². The van der Waals surface area contributed by atoms with Crippen LogP contribution in [-0.4, -0.2) is 11.4 Å². The van der Waals surface area contributed by atoms with E-state index in [9.17, 15) is 0 Å². The first kappa shape index (κ1) is 36.9. The van der Waals surface area contributed by atoms with Crippen LogP contribution in [0.1, 0.15) is 90.2 Å². The zero-order chi connectivity index (χ0) is 27.9. The van der Waals surface area contributed by atoms with Gasteiger partial charge in [-0.05, 0) is 83.4 Å². The molecule has 0 spiro atoms. The molecule has 2 aromatic rings. The Morgan fingerprint density at radius 1 is 0.442 bits per heavy atom. The molecule has 0 atom stereocenters. The van der Waals surface area contributed by atoms with E-state index in [1.807, 2.05) is 0 Å². The zero-order valence-electron chi connectivity index (χ0n) is 25.9. The monoisotopic (exact) mass is 686 g/mol. The van der Waals surface area contributed by atoms with Gasteiger partial charge in [-0.3, -0.25) is 9.98 Å². The van der Waals surface area contributed by atoms with E-state index in [2.05, 4.69) is 113 Å². The molecule has 0 radical (unpaired) electrons. The van der Waals surface area contributed by atoms with Gasteiger partial charge in [0.25, 0.3) is 0 Å². The van der Waals surface area contributed by atoms with Crippen LogP contribution in [0.15, 0.2) is 129 Å². The van der Waals surface area contributed by atoms with Crippen LogP contribution in [0, 0.1) is 0 Å². The predicted octanol–water partition coefficient (Wildman–Crippen LogP) is 4.64. The van der Waals surface area contributed by atoms with Crippen molar-refractivity contribution in [3.8, 4) is 0 Å². The van der Waals surface area contributed by atoms with Gasteiger partial charge in [0.1, 0.15) is 0 Å². The van der Waals surface area contributed by atoms with Gasteiger partial charge in [0, 0.05) is 22.6 Å². The third kappa shape index (κ3) is 8.45. The van der Waals surface area contributed by atoms with Crippen LogP contribution in [0.25, 0.3) is 11.1 Å². The minimum absolute atomic E-state index is 0. The first-order valence-electron chi connectivity index (χ1n) is 15.3. The average Bonchev–Trinajstić information content (AvgIpc) is 3.73. The Morgan fingerprint density at radius 3 is 1.12 bits per heavy atom. The fraction of sp³-hybridized carbons (Fsp3) is 0.316. The summed E-state index contributed by atoms with van der Waals surface area (Å²) in [5.74, 6) is 0. The van der Waals surface area contributed by atoms with Crippen LogP contribution in [0.2, 0.25) is 0 Å². The van der Waals surface area contributed by atoms with Gasteiger partial charge >= 0.3 is 26.2 Å². The van der Waals surface area contributed by atoms with Crippen molar-refractivity contribution in [2.75, 3.05) is 0 Å². The molecule has 0 bridgehead atoms. The number of fused-ring (bicyclic) bond motifs is 2. The van der Waals surface area contributed by atoms with E-state index in [1.54, 1.807) is 0 Å². The average molecular weight is 689 g/mol. The zero-order valence-corrected chi connectivity index (χ0v) is 29.9. The van der Waals surface area contributed by atoms with Crippen molar-refractivity contribution >= 4 is 22.6 Å². The minimum Gasteiger partial charge on any atom is -1.00 e. The van der Waals surface area contributed by atoms with E-state index >= 15 is 0 Å². The van der Waals surface area contributed by atoms with Crippen molar-refractivity contribution in [1.82, 2.24) is 0 Å². The van der Waals surface area contributed by atoms with Crippen molar-refractivity contribution in [3.63, 3.8) is 0 Å². The fourth-order valence-electron chi connectivity index (χ4n) is 5.88. The Morgan fingerprint density at radius 2 is 0.791 bits per heavy atom. The molecule has 5 heteroatoms. The van der Waals surface area contributed by atoms with Crippen LogP contribution in [-0.2, 0) is 26.2 Å². The number of hydrogen-bond acceptors (Lipinski definition) is 2. The molecular formula is C38H42Cl2N2Zr. The quantitative estimate of drug-likeness (QED) is 0.348. The summed E-state index contributed by atoms with van der Waals surface area (Å²) in [6, 6.07) is 21.3. The van der Waals surface area contributed by atoms with Crippen molar-refractivity contribution < 1.29 is 51.0 Å². The molecular weight excluding hydrogens is 647 g/mol. The minimum atomic E-state index is 0. The molecule has 0 N–H and O–H groups in total. The molecule has 0 saturated carbocycles. The maximum atomic E-state index is 4.87. The smallest absolute Gasteiger partial charge is 1.00 e. The summed E-state index contributed by atoms with van der Waals surface area (Å²) in [6.07, 6.45) is 18.3. The SMILES string of the molecule is CCCC1=NC2=C(CCC)C=C(c3ccccc3)C2=C1.CCCC1=NC2=C(CCC)C=C(c3ccccc3)C2=C1.[Cl-].[Cl-].[Zr+2]. The van der Waals surface area contributed by atoms with E-state index in [1.165, 1.54) is 80.2 Å². The Bertz CT molecular complexity index is 1390. The summed E-state index contributed by atoms with van der Waals surface area (Å²) in [5.41, 5.74) is 15.7. The number of nitrogens with zero attached hydrogens (tertiary/aromatic N) is 2.